The second kappa shape index (κ2) is 5.63. The Morgan fingerprint density at radius 2 is 2.06 bits per heavy atom. The van der Waals surface area contributed by atoms with Gasteiger partial charge in [0.25, 0.3) is 0 Å². The lowest BCUT2D eigenvalue weighted by atomic mass is 9.80. The van der Waals surface area contributed by atoms with Gasteiger partial charge in [-0.25, -0.2) is 0 Å². The highest BCUT2D eigenvalue weighted by atomic mass is 16.5. The summed E-state index contributed by atoms with van der Waals surface area (Å²) in [6.07, 6.45) is 6.99. The van der Waals surface area contributed by atoms with Gasteiger partial charge < -0.3 is 10.3 Å². The normalized spacial score (nSPS) is 27.0. The Labute approximate surface area is 103 Å². The molecule has 1 aromatic heterocycles. The van der Waals surface area contributed by atoms with Gasteiger partial charge in [0.05, 0.1) is 0 Å². The van der Waals surface area contributed by atoms with Crippen molar-refractivity contribution in [2.24, 2.45) is 11.7 Å². The van der Waals surface area contributed by atoms with E-state index in [1.54, 1.807) is 0 Å². The lowest BCUT2D eigenvalue weighted by Gasteiger charge is -2.25. The van der Waals surface area contributed by atoms with Crippen molar-refractivity contribution >= 4 is 0 Å². The lowest BCUT2D eigenvalue weighted by Crippen LogP contribution is -2.18. The molecule has 4 nitrogen and oxygen atoms in total. The Kier molecular flexibility index (Phi) is 4.15. The van der Waals surface area contributed by atoms with Crippen LogP contribution in [0.4, 0.5) is 0 Å². The molecule has 0 aliphatic heterocycles. The van der Waals surface area contributed by atoms with Crippen LogP contribution in [0.2, 0.25) is 0 Å². The zero-order valence-corrected chi connectivity index (χ0v) is 10.9. The highest BCUT2D eigenvalue weighted by Gasteiger charge is 2.25. The van der Waals surface area contributed by atoms with Crippen LogP contribution in [0.5, 0.6) is 0 Å². The molecule has 1 aliphatic carbocycles. The second-order valence-corrected chi connectivity index (χ2v) is 5.35. The minimum atomic E-state index is 0.0825. The zero-order chi connectivity index (χ0) is 12.3. The number of hydrogen-bond acceptors (Lipinski definition) is 4. The summed E-state index contributed by atoms with van der Waals surface area (Å²) >= 11 is 0. The molecular weight excluding hydrogens is 214 g/mol. The molecule has 2 N–H and O–H groups in total. The molecule has 4 heteroatoms. The second-order valence-electron chi connectivity index (χ2n) is 5.35. The molecular formula is C13H23N3O. The van der Waals surface area contributed by atoms with E-state index in [4.69, 9.17) is 10.3 Å². The lowest BCUT2D eigenvalue weighted by molar-refractivity contribution is 0.302. The van der Waals surface area contributed by atoms with Crippen molar-refractivity contribution in [3.05, 3.63) is 11.7 Å². The Balaban J connectivity index is 1.92. The van der Waals surface area contributed by atoms with Crippen LogP contribution in [-0.2, 0) is 6.42 Å². The fourth-order valence-corrected chi connectivity index (χ4v) is 2.62. The number of nitrogens with two attached hydrogens (primary N) is 1. The average molecular weight is 237 g/mol. The van der Waals surface area contributed by atoms with E-state index >= 15 is 0 Å². The molecule has 0 saturated heterocycles. The highest BCUT2D eigenvalue weighted by Crippen LogP contribution is 2.35. The molecule has 0 bridgehead atoms. The standard InChI is InChI=1S/C13H23N3O/c1-3-10-4-6-11(7-5-10)13-15-12(17-16-13)8-9(2)14/h9-11H,3-8,14H2,1-2H3. The van der Waals surface area contributed by atoms with E-state index in [1.807, 2.05) is 6.92 Å². The maximum atomic E-state index is 5.72. The number of aromatic nitrogens is 2. The first-order chi connectivity index (χ1) is 8.19. The van der Waals surface area contributed by atoms with Crippen molar-refractivity contribution in [3.63, 3.8) is 0 Å². The molecule has 1 heterocycles. The molecule has 1 unspecified atom stereocenters. The van der Waals surface area contributed by atoms with Crippen molar-refractivity contribution < 1.29 is 4.52 Å². The van der Waals surface area contributed by atoms with Gasteiger partial charge in [0.15, 0.2) is 5.82 Å². The van der Waals surface area contributed by atoms with Gasteiger partial charge in [0, 0.05) is 18.4 Å². The molecule has 17 heavy (non-hydrogen) atoms. The maximum absolute atomic E-state index is 5.72. The topological polar surface area (TPSA) is 64.9 Å². The van der Waals surface area contributed by atoms with Gasteiger partial charge in [0.2, 0.25) is 5.89 Å². The summed E-state index contributed by atoms with van der Waals surface area (Å²) in [4.78, 5) is 4.47. The minimum Gasteiger partial charge on any atom is -0.339 e. The van der Waals surface area contributed by atoms with Crippen molar-refractivity contribution in [2.75, 3.05) is 0 Å². The summed E-state index contributed by atoms with van der Waals surface area (Å²) in [5.41, 5.74) is 5.72. The Morgan fingerprint density at radius 3 is 2.65 bits per heavy atom. The van der Waals surface area contributed by atoms with Crippen LogP contribution in [-0.4, -0.2) is 16.2 Å². The van der Waals surface area contributed by atoms with Gasteiger partial charge in [-0.1, -0.05) is 18.5 Å². The third-order valence-electron chi connectivity index (χ3n) is 3.77. The third kappa shape index (κ3) is 3.28. The van der Waals surface area contributed by atoms with Crippen LogP contribution in [0.25, 0.3) is 0 Å². The molecule has 1 aliphatic rings. The summed E-state index contributed by atoms with van der Waals surface area (Å²) in [6, 6.07) is 0.0825. The highest BCUT2D eigenvalue weighted by molar-refractivity contribution is 4.98. The third-order valence-corrected chi connectivity index (χ3v) is 3.77. The molecule has 2 rings (SSSR count). The van der Waals surface area contributed by atoms with Crippen molar-refractivity contribution in [1.82, 2.24) is 10.1 Å². The Hall–Kier alpha value is -0.900. The van der Waals surface area contributed by atoms with E-state index in [2.05, 4.69) is 17.1 Å². The summed E-state index contributed by atoms with van der Waals surface area (Å²) < 4.78 is 5.24. The van der Waals surface area contributed by atoms with Gasteiger partial charge in [0.1, 0.15) is 0 Å². The van der Waals surface area contributed by atoms with E-state index in [0.29, 0.717) is 18.2 Å². The molecule has 1 fully saturated rings. The average Bonchev–Trinajstić information content (AvgIpc) is 2.77. The zero-order valence-electron chi connectivity index (χ0n) is 10.9. The van der Waals surface area contributed by atoms with Crippen LogP contribution < -0.4 is 5.73 Å². The van der Waals surface area contributed by atoms with Gasteiger partial charge in [-0.15, -0.1) is 0 Å². The molecule has 0 amide bonds. The number of hydrogen-bond donors (Lipinski definition) is 1. The summed E-state index contributed by atoms with van der Waals surface area (Å²) in [7, 11) is 0. The SMILES string of the molecule is CCC1CCC(c2noc(CC(C)N)n2)CC1. The summed E-state index contributed by atoms with van der Waals surface area (Å²) in [6.45, 7) is 4.23. The monoisotopic (exact) mass is 237 g/mol. The van der Waals surface area contributed by atoms with E-state index in [1.165, 1.54) is 32.1 Å². The van der Waals surface area contributed by atoms with Crippen LogP contribution in [0.1, 0.15) is 63.6 Å². The van der Waals surface area contributed by atoms with E-state index < -0.39 is 0 Å². The molecule has 1 saturated carbocycles. The maximum Gasteiger partial charge on any atom is 0.228 e. The fraction of sp³-hybridized carbons (Fsp3) is 0.846. The minimum absolute atomic E-state index is 0.0825. The molecule has 0 radical (unpaired) electrons. The first-order valence-electron chi connectivity index (χ1n) is 6.77. The molecule has 1 atom stereocenters. The predicted molar refractivity (Wildman–Crippen MR) is 66.6 cm³/mol. The van der Waals surface area contributed by atoms with Gasteiger partial charge in [-0.05, 0) is 38.5 Å². The van der Waals surface area contributed by atoms with Crippen LogP contribution in [0.15, 0.2) is 4.52 Å². The largest absolute Gasteiger partial charge is 0.339 e. The van der Waals surface area contributed by atoms with Crippen LogP contribution in [0.3, 0.4) is 0 Å². The summed E-state index contributed by atoms with van der Waals surface area (Å²) in [5, 5.41) is 4.10. The summed E-state index contributed by atoms with van der Waals surface area (Å²) in [5.74, 6) is 2.99. The molecule has 96 valence electrons. The van der Waals surface area contributed by atoms with E-state index in [9.17, 15) is 0 Å². The number of nitrogens with zero attached hydrogens (tertiary/aromatic N) is 2. The van der Waals surface area contributed by atoms with Gasteiger partial charge in [-0.3, -0.25) is 0 Å². The number of rotatable bonds is 4. The van der Waals surface area contributed by atoms with Crippen molar-refractivity contribution in [2.45, 2.75) is 64.3 Å². The quantitative estimate of drug-likeness (QED) is 0.874. The molecule has 0 spiro atoms. The van der Waals surface area contributed by atoms with E-state index in [-0.39, 0.29) is 6.04 Å². The first kappa shape index (κ1) is 12.6. The predicted octanol–water partition coefficient (Wildman–Crippen LogP) is 2.64. The Morgan fingerprint density at radius 1 is 1.35 bits per heavy atom. The van der Waals surface area contributed by atoms with Crippen molar-refractivity contribution in [3.8, 4) is 0 Å². The van der Waals surface area contributed by atoms with Crippen LogP contribution in [0, 0.1) is 5.92 Å². The smallest absolute Gasteiger partial charge is 0.228 e. The Bertz CT molecular complexity index is 340. The van der Waals surface area contributed by atoms with E-state index in [0.717, 1.165) is 11.7 Å². The fourth-order valence-electron chi connectivity index (χ4n) is 2.62. The first-order valence-corrected chi connectivity index (χ1v) is 6.77. The van der Waals surface area contributed by atoms with Gasteiger partial charge in [-0.2, -0.15) is 4.98 Å². The van der Waals surface area contributed by atoms with Gasteiger partial charge >= 0.3 is 0 Å². The van der Waals surface area contributed by atoms with Crippen molar-refractivity contribution in [1.29, 1.82) is 0 Å². The van der Waals surface area contributed by atoms with Crippen LogP contribution >= 0.6 is 0 Å². The molecule has 1 aromatic rings. The molecule has 0 aromatic carbocycles.